The van der Waals surface area contributed by atoms with E-state index < -0.39 is 11.7 Å². The molecule has 0 spiro atoms. The summed E-state index contributed by atoms with van der Waals surface area (Å²) >= 11 is 4.56. The molecule has 2 nitrogen and oxygen atoms in total. The van der Waals surface area contributed by atoms with Crippen LogP contribution >= 0.6 is 27.7 Å². The Balaban J connectivity index is 2.29. The van der Waals surface area contributed by atoms with Gasteiger partial charge in [0.2, 0.25) is 0 Å². The Labute approximate surface area is 134 Å². The molecule has 0 fully saturated rings. The van der Waals surface area contributed by atoms with Crippen molar-refractivity contribution in [2.45, 2.75) is 38.4 Å². The first-order chi connectivity index (χ1) is 9.79. The van der Waals surface area contributed by atoms with Crippen molar-refractivity contribution >= 4 is 38.5 Å². The number of hydrogen-bond acceptors (Lipinski definition) is 3. The van der Waals surface area contributed by atoms with Crippen molar-refractivity contribution < 1.29 is 13.2 Å². The van der Waals surface area contributed by atoms with E-state index in [0.29, 0.717) is 9.64 Å². The summed E-state index contributed by atoms with van der Waals surface area (Å²) in [6.07, 6.45) is -2.63. The van der Waals surface area contributed by atoms with Gasteiger partial charge in [0.1, 0.15) is 0 Å². The van der Waals surface area contributed by atoms with Crippen molar-refractivity contribution in [3.05, 3.63) is 28.2 Å². The van der Waals surface area contributed by atoms with E-state index in [4.69, 9.17) is 0 Å². The maximum atomic E-state index is 13.1. The highest BCUT2D eigenvalue weighted by atomic mass is 79.9. The van der Waals surface area contributed by atoms with E-state index in [1.54, 1.807) is 6.07 Å². The molecule has 0 atom stereocenters. The fourth-order valence-corrected chi connectivity index (χ4v) is 3.81. The molecule has 0 bridgehead atoms. The van der Waals surface area contributed by atoms with Crippen LogP contribution in [0, 0.1) is 0 Å². The second-order valence-corrected chi connectivity index (χ2v) is 6.83. The van der Waals surface area contributed by atoms with Crippen molar-refractivity contribution in [3.8, 4) is 0 Å². The second-order valence-electron chi connectivity index (χ2n) is 4.95. The molecule has 0 aromatic heterocycles. The first kappa shape index (κ1) is 16.7. The molecule has 7 heteroatoms. The summed E-state index contributed by atoms with van der Waals surface area (Å²) in [6, 6.07) is 4.09. The lowest BCUT2D eigenvalue weighted by atomic mass is 9.97. The molecule has 0 amide bonds. The van der Waals surface area contributed by atoms with E-state index in [9.17, 15) is 13.2 Å². The molecule has 0 aliphatic carbocycles. The molecule has 2 rings (SSSR count). The van der Waals surface area contributed by atoms with Crippen LogP contribution in [0.5, 0.6) is 0 Å². The van der Waals surface area contributed by atoms with E-state index in [1.807, 2.05) is 0 Å². The summed E-state index contributed by atoms with van der Waals surface area (Å²) in [7, 11) is 0. The number of nitrogens with zero attached hydrogens (tertiary/aromatic N) is 1. The van der Waals surface area contributed by atoms with Gasteiger partial charge in [0.15, 0.2) is 5.17 Å². The van der Waals surface area contributed by atoms with Gasteiger partial charge in [-0.1, -0.05) is 41.5 Å². The SMILES string of the molecule is CCC1(CC)CSC(Nc2ccc(Br)cc2C(F)(F)F)=N1. The Kier molecular flexibility index (Phi) is 4.92. The molecule has 1 aromatic rings. The molecular formula is C14H16BrF3N2S. The lowest BCUT2D eigenvalue weighted by Gasteiger charge is -2.20. The third kappa shape index (κ3) is 3.74. The highest BCUT2D eigenvalue weighted by Gasteiger charge is 2.36. The normalized spacial score (nSPS) is 17.7. The van der Waals surface area contributed by atoms with Crippen molar-refractivity contribution in [2.24, 2.45) is 4.99 Å². The lowest BCUT2D eigenvalue weighted by Crippen LogP contribution is -2.24. The minimum atomic E-state index is -4.40. The number of benzene rings is 1. The summed E-state index contributed by atoms with van der Waals surface area (Å²) < 4.78 is 39.6. The third-order valence-corrected chi connectivity index (χ3v) is 5.30. The number of halogens is 4. The maximum Gasteiger partial charge on any atom is 0.418 e. The standard InChI is InChI=1S/C14H16BrF3N2S/c1-3-13(4-2)8-21-12(20-13)19-11-6-5-9(15)7-10(11)14(16,17)18/h5-7H,3-4,8H2,1-2H3,(H,19,20). The van der Waals surface area contributed by atoms with Gasteiger partial charge in [-0.05, 0) is 31.0 Å². The number of alkyl halides is 3. The van der Waals surface area contributed by atoms with Crippen LogP contribution in [0.4, 0.5) is 18.9 Å². The number of amidine groups is 1. The summed E-state index contributed by atoms with van der Waals surface area (Å²) in [5.74, 6) is 0.806. The Bertz CT molecular complexity index is 554. The molecule has 1 aromatic carbocycles. The first-order valence-electron chi connectivity index (χ1n) is 6.66. The Morgan fingerprint density at radius 2 is 2.00 bits per heavy atom. The van der Waals surface area contributed by atoms with Gasteiger partial charge >= 0.3 is 6.18 Å². The number of aliphatic imine (C=N–C) groups is 1. The summed E-state index contributed by atoms with van der Waals surface area (Å²) in [5, 5.41) is 3.40. The number of thioether (sulfide) groups is 1. The number of rotatable bonds is 3. The van der Waals surface area contributed by atoms with Crippen LogP contribution < -0.4 is 5.32 Å². The molecule has 21 heavy (non-hydrogen) atoms. The first-order valence-corrected chi connectivity index (χ1v) is 8.44. The van der Waals surface area contributed by atoms with Crippen LogP contribution in [-0.4, -0.2) is 16.5 Å². The van der Waals surface area contributed by atoms with Crippen molar-refractivity contribution in [2.75, 3.05) is 11.1 Å². The molecule has 0 radical (unpaired) electrons. The van der Waals surface area contributed by atoms with Gasteiger partial charge in [-0.2, -0.15) is 13.2 Å². The average Bonchev–Trinajstić information content (AvgIpc) is 2.84. The highest BCUT2D eigenvalue weighted by molar-refractivity contribution is 9.10. The fourth-order valence-electron chi connectivity index (χ4n) is 2.13. The molecular weight excluding hydrogens is 365 g/mol. The average molecular weight is 381 g/mol. The topological polar surface area (TPSA) is 24.4 Å². The van der Waals surface area contributed by atoms with E-state index in [2.05, 4.69) is 40.1 Å². The number of hydrogen-bond donors (Lipinski definition) is 1. The molecule has 1 aliphatic rings. The Morgan fingerprint density at radius 3 is 2.52 bits per heavy atom. The van der Waals surface area contributed by atoms with Crippen LogP contribution in [0.2, 0.25) is 0 Å². The van der Waals surface area contributed by atoms with Crippen molar-refractivity contribution in [1.82, 2.24) is 0 Å². The van der Waals surface area contributed by atoms with E-state index in [-0.39, 0.29) is 11.2 Å². The number of nitrogens with one attached hydrogen (secondary N) is 1. The summed E-state index contributed by atoms with van der Waals surface area (Å²) in [6.45, 7) is 4.11. The molecule has 116 valence electrons. The van der Waals surface area contributed by atoms with Gasteiger partial charge in [0.25, 0.3) is 0 Å². The molecule has 1 heterocycles. The number of anilines is 1. The van der Waals surface area contributed by atoms with E-state index in [1.165, 1.54) is 17.8 Å². The minimum absolute atomic E-state index is 0.0416. The van der Waals surface area contributed by atoms with E-state index in [0.717, 1.165) is 24.7 Å². The fraction of sp³-hybridized carbons (Fsp3) is 0.500. The Morgan fingerprint density at radius 1 is 1.33 bits per heavy atom. The Hall–Kier alpha value is -0.690. The van der Waals surface area contributed by atoms with Crippen LogP contribution in [-0.2, 0) is 6.18 Å². The summed E-state index contributed by atoms with van der Waals surface area (Å²) in [4.78, 5) is 4.59. The van der Waals surface area contributed by atoms with Gasteiger partial charge in [-0.25, -0.2) is 0 Å². The lowest BCUT2D eigenvalue weighted by molar-refractivity contribution is -0.136. The highest BCUT2D eigenvalue weighted by Crippen LogP contribution is 2.39. The maximum absolute atomic E-state index is 13.1. The van der Waals surface area contributed by atoms with Crippen LogP contribution in [0.1, 0.15) is 32.3 Å². The van der Waals surface area contributed by atoms with Gasteiger partial charge in [0, 0.05) is 10.2 Å². The largest absolute Gasteiger partial charge is 0.418 e. The van der Waals surface area contributed by atoms with Gasteiger partial charge in [-0.15, -0.1) is 0 Å². The van der Waals surface area contributed by atoms with Gasteiger partial charge in [0.05, 0.1) is 16.8 Å². The molecule has 1 N–H and O–H groups in total. The van der Waals surface area contributed by atoms with Crippen LogP contribution in [0.25, 0.3) is 0 Å². The molecule has 1 aliphatic heterocycles. The zero-order valence-electron chi connectivity index (χ0n) is 11.7. The quantitative estimate of drug-likeness (QED) is 0.743. The van der Waals surface area contributed by atoms with Gasteiger partial charge in [-0.3, -0.25) is 4.99 Å². The monoisotopic (exact) mass is 380 g/mol. The smallest absolute Gasteiger partial charge is 0.334 e. The predicted octanol–water partition coefficient (Wildman–Crippen LogP) is 5.54. The molecule has 0 saturated carbocycles. The second kappa shape index (κ2) is 6.20. The van der Waals surface area contributed by atoms with Crippen LogP contribution in [0.3, 0.4) is 0 Å². The zero-order valence-corrected chi connectivity index (χ0v) is 14.1. The minimum Gasteiger partial charge on any atom is -0.334 e. The predicted molar refractivity (Wildman–Crippen MR) is 86.0 cm³/mol. The molecule has 0 saturated heterocycles. The van der Waals surface area contributed by atoms with Crippen LogP contribution in [0.15, 0.2) is 27.7 Å². The van der Waals surface area contributed by atoms with Crippen molar-refractivity contribution in [3.63, 3.8) is 0 Å². The summed E-state index contributed by atoms with van der Waals surface area (Å²) in [5.41, 5.74) is -0.800. The van der Waals surface area contributed by atoms with Crippen molar-refractivity contribution in [1.29, 1.82) is 0 Å². The third-order valence-electron chi connectivity index (χ3n) is 3.66. The van der Waals surface area contributed by atoms with E-state index >= 15 is 0 Å². The molecule has 0 unspecified atom stereocenters. The van der Waals surface area contributed by atoms with Gasteiger partial charge < -0.3 is 5.32 Å². The zero-order chi connectivity index (χ0) is 15.7.